The second-order valence-corrected chi connectivity index (χ2v) is 17.5. The summed E-state index contributed by atoms with van der Waals surface area (Å²) >= 11 is 0. The van der Waals surface area contributed by atoms with Gasteiger partial charge >= 0.3 is 0 Å². The number of oxazole rings is 1. The first-order valence-electron chi connectivity index (χ1n) is 22.2. The summed E-state index contributed by atoms with van der Waals surface area (Å²) in [7, 11) is 0. The van der Waals surface area contributed by atoms with E-state index < -0.39 is 78.1 Å². The molecule has 1 aromatic heterocycles. The van der Waals surface area contributed by atoms with Gasteiger partial charge in [0.05, 0.1) is 0 Å². The molecule has 0 spiro atoms. The molecular formula is C45H60N8O10. The number of carbonyl (C=O) groups excluding carboxylic acids is 6. The Morgan fingerprint density at radius 1 is 0.873 bits per heavy atom. The summed E-state index contributed by atoms with van der Waals surface area (Å²) in [4.78, 5) is 98.9. The summed E-state index contributed by atoms with van der Waals surface area (Å²) in [6, 6.07) is 0.887. The Balaban J connectivity index is 1.20. The Kier molecular flexibility index (Phi) is 13.9. The molecule has 4 bridgehead atoms. The van der Waals surface area contributed by atoms with Crippen LogP contribution in [0.1, 0.15) is 108 Å². The molecule has 0 aliphatic carbocycles. The first-order valence-corrected chi connectivity index (χ1v) is 22.2. The molecule has 5 aliphatic heterocycles. The maximum atomic E-state index is 14.7. The van der Waals surface area contributed by atoms with E-state index in [-0.39, 0.29) is 48.2 Å². The summed E-state index contributed by atoms with van der Waals surface area (Å²) in [6.07, 6.45) is 3.41. The van der Waals surface area contributed by atoms with Crippen LogP contribution in [0.2, 0.25) is 0 Å². The van der Waals surface area contributed by atoms with Crippen LogP contribution in [0, 0.1) is 5.92 Å². The zero-order valence-electron chi connectivity index (χ0n) is 36.7. The number of aliphatic imine (C=N–C) groups is 1. The number of rotatable bonds is 8. The highest BCUT2D eigenvalue weighted by Gasteiger charge is 2.47. The number of amides is 6. The molecule has 18 nitrogen and oxygen atoms in total. The van der Waals surface area contributed by atoms with Crippen LogP contribution >= 0.6 is 0 Å². The largest absolute Gasteiger partial charge is 0.491 e. The van der Waals surface area contributed by atoms with Crippen LogP contribution < -0.4 is 20.7 Å². The van der Waals surface area contributed by atoms with Gasteiger partial charge in [-0.1, -0.05) is 39.0 Å². The van der Waals surface area contributed by atoms with Gasteiger partial charge in [-0.05, 0) is 88.5 Å². The third-order valence-corrected chi connectivity index (χ3v) is 13.0. The van der Waals surface area contributed by atoms with Crippen LogP contribution in [0.15, 0.2) is 52.1 Å². The fraction of sp³-hybridized carbons (Fsp3) is 0.600. The molecule has 3 saturated heterocycles. The summed E-state index contributed by atoms with van der Waals surface area (Å²) < 4.78 is 17.6. The van der Waals surface area contributed by atoms with Crippen LogP contribution in [-0.4, -0.2) is 141 Å². The van der Waals surface area contributed by atoms with Crippen molar-refractivity contribution in [3.8, 4) is 5.75 Å². The molecule has 340 valence electrons. The van der Waals surface area contributed by atoms with Gasteiger partial charge in [-0.3, -0.25) is 28.8 Å². The third kappa shape index (κ3) is 9.75. The Morgan fingerprint density at radius 3 is 2.17 bits per heavy atom. The van der Waals surface area contributed by atoms with Gasteiger partial charge in [0.15, 0.2) is 11.7 Å². The highest BCUT2D eigenvalue weighted by molar-refractivity contribution is 5.99. The van der Waals surface area contributed by atoms with Crippen molar-refractivity contribution < 1.29 is 47.8 Å². The van der Waals surface area contributed by atoms with Gasteiger partial charge in [-0.2, -0.15) is 0 Å². The number of benzene rings is 1. The fourth-order valence-corrected chi connectivity index (χ4v) is 9.00. The lowest BCUT2D eigenvalue weighted by atomic mass is 9.96. The van der Waals surface area contributed by atoms with Gasteiger partial charge in [-0.25, -0.2) is 9.98 Å². The average Bonchev–Trinajstić information content (AvgIpc) is 4.13. The van der Waals surface area contributed by atoms with Gasteiger partial charge < -0.3 is 49.6 Å². The Labute approximate surface area is 367 Å². The minimum atomic E-state index is -1.10. The molecule has 10 atom stereocenters. The van der Waals surface area contributed by atoms with Crippen molar-refractivity contribution in [3.63, 3.8) is 0 Å². The van der Waals surface area contributed by atoms with Gasteiger partial charge in [-0.15, -0.1) is 0 Å². The molecule has 7 rings (SSSR count). The summed E-state index contributed by atoms with van der Waals surface area (Å²) in [6.45, 7) is 13.7. The van der Waals surface area contributed by atoms with E-state index in [2.05, 4.69) is 27.5 Å². The molecular weight excluding hydrogens is 813 g/mol. The van der Waals surface area contributed by atoms with E-state index in [1.807, 2.05) is 13.8 Å². The van der Waals surface area contributed by atoms with Crippen molar-refractivity contribution in [1.29, 1.82) is 0 Å². The summed E-state index contributed by atoms with van der Waals surface area (Å²) in [5.74, 6) is -2.20. The molecule has 63 heavy (non-hydrogen) atoms. The number of hydrogen-bond donors (Lipinski definition) is 4. The molecule has 2 aromatic rings. The maximum Gasteiger partial charge on any atom is 0.273 e. The predicted octanol–water partition coefficient (Wildman–Crippen LogP) is 2.21. The number of aliphatic hydroxyl groups is 1. The molecule has 2 unspecified atom stereocenters. The first-order chi connectivity index (χ1) is 30.1. The number of fused-ring (bicyclic) bond motifs is 7. The molecule has 6 amide bonds. The lowest BCUT2D eigenvalue weighted by molar-refractivity contribution is -0.148. The molecule has 4 N–H and O–H groups in total. The SMILES string of the molecule is C=C(C)C(O)COc1ccc(C[C@@H]2NC(=O)c3coc(n3)[C@H](C)NC(=O)[C@@H]3CCCN3C(=O)[C@@H]3CCCN3C(=O)[C@H]([C@@H](C)CC)NC(=O)C3N=C(O[C@@H]3C)[C@@H]3CCCN3C2=O)cc1. The van der Waals surface area contributed by atoms with Crippen LogP contribution in [0.4, 0.5) is 0 Å². The minimum Gasteiger partial charge on any atom is -0.491 e. The number of hydrogen-bond acceptors (Lipinski definition) is 12. The van der Waals surface area contributed by atoms with Crippen molar-refractivity contribution in [3.05, 3.63) is 59.8 Å². The zero-order valence-corrected chi connectivity index (χ0v) is 36.7. The molecule has 1 aromatic carbocycles. The molecule has 5 aliphatic rings. The molecule has 6 heterocycles. The lowest BCUT2D eigenvalue weighted by Gasteiger charge is -2.34. The second-order valence-electron chi connectivity index (χ2n) is 17.5. The Hall–Kier alpha value is -5.78. The van der Waals surface area contributed by atoms with Gasteiger partial charge in [0.2, 0.25) is 41.3 Å². The minimum absolute atomic E-state index is 0.0194. The average molecular weight is 873 g/mol. The van der Waals surface area contributed by atoms with E-state index in [9.17, 15) is 33.9 Å². The van der Waals surface area contributed by atoms with Crippen molar-refractivity contribution in [2.75, 3.05) is 26.2 Å². The van der Waals surface area contributed by atoms with E-state index in [0.717, 1.165) is 6.26 Å². The van der Waals surface area contributed by atoms with Crippen LogP contribution in [0.25, 0.3) is 0 Å². The van der Waals surface area contributed by atoms with Crippen LogP contribution in [0.3, 0.4) is 0 Å². The van der Waals surface area contributed by atoms with E-state index in [0.29, 0.717) is 81.5 Å². The van der Waals surface area contributed by atoms with Crippen molar-refractivity contribution in [2.24, 2.45) is 10.9 Å². The fourth-order valence-electron chi connectivity index (χ4n) is 9.00. The monoisotopic (exact) mass is 872 g/mol. The third-order valence-electron chi connectivity index (χ3n) is 13.0. The van der Waals surface area contributed by atoms with Crippen LogP contribution in [0.5, 0.6) is 5.75 Å². The second kappa shape index (κ2) is 19.3. The highest BCUT2D eigenvalue weighted by Crippen LogP contribution is 2.30. The zero-order chi connectivity index (χ0) is 45.1. The van der Waals surface area contributed by atoms with Crippen molar-refractivity contribution in [1.82, 2.24) is 35.6 Å². The van der Waals surface area contributed by atoms with E-state index in [4.69, 9.17) is 18.9 Å². The number of carbonyl (C=O) groups is 6. The van der Waals surface area contributed by atoms with Gasteiger partial charge in [0, 0.05) is 26.1 Å². The van der Waals surface area contributed by atoms with Crippen LogP contribution in [-0.2, 0) is 35.1 Å². The van der Waals surface area contributed by atoms with Gasteiger partial charge in [0.1, 0.15) is 67.1 Å². The van der Waals surface area contributed by atoms with E-state index >= 15 is 0 Å². The number of aliphatic hydroxyl groups excluding tert-OH is 1. The Morgan fingerprint density at radius 2 is 1.51 bits per heavy atom. The normalized spacial score (nSPS) is 29.4. The van der Waals surface area contributed by atoms with Gasteiger partial charge in [0.25, 0.3) is 5.91 Å². The number of nitrogens with zero attached hydrogens (tertiary/aromatic N) is 5. The quantitative estimate of drug-likeness (QED) is 0.282. The smallest absolute Gasteiger partial charge is 0.273 e. The highest BCUT2D eigenvalue weighted by atomic mass is 16.5. The number of nitrogens with one attached hydrogen (secondary N) is 3. The first kappa shape index (κ1) is 45.3. The molecule has 0 saturated carbocycles. The number of ether oxygens (including phenoxy) is 2. The van der Waals surface area contributed by atoms with E-state index in [1.165, 1.54) is 4.90 Å². The molecule has 0 radical (unpaired) electrons. The molecule has 3 fully saturated rings. The topological polar surface area (TPSA) is 225 Å². The lowest BCUT2D eigenvalue weighted by Crippen LogP contribution is -2.58. The Bertz CT molecular complexity index is 2110. The van der Waals surface area contributed by atoms with Crippen molar-refractivity contribution in [2.45, 2.75) is 140 Å². The van der Waals surface area contributed by atoms with Crippen molar-refractivity contribution >= 4 is 41.3 Å². The maximum absolute atomic E-state index is 14.7. The van der Waals surface area contributed by atoms with E-state index in [1.54, 1.807) is 54.8 Å². The predicted molar refractivity (Wildman–Crippen MR) is 228 cm³/mol. The standard InChI is InChI=1S/C45H60N8O10/c1-7-25(4)36-45(60)53-20-10-13-34(53)44(59)51-18-8-11-32(51)39(56)46-26(5)41-48-31(22-62-41)38(55)47-30(21-28-14-16-29(17-15-28)61-23-35(54)24(2)3)43(58)52-19-9-12-33(52)42-50-37(27(6)63-42)40(57)49-36/h14-17,22,25-27,30,32-37,54H,2,7-13,18-21,23H2,1,3-6H3,(H,46,56)(H,47,55)(H,49,57)/t25-,26-,27+,30-,32-,33-,34-,35?,36-,37?/m0/s1. The molecule has 18 heteroatoms. The summed E-state index contributed by atoms with van der Waals surface area (Å²) in [5, 5.41) is 18.8. The summed E-state index contributed by atoms with van der Waals surface area (Å²) in [5.41, 5.74) is 1.16. The number of aromatic nitrogens is 1.